The smallest absolute Gasteiger partial charge is 0.341 e. The summed E-state index contributed by atoms with van der Waals surface area (Å²) in [6.45, 7) is 3.70. The summed E-state index contributed by atoms with van der Waals surface area (Å²) in [5.41, 5.74) is 1.85. The Balaban J connectivity index is 2.15. The van der Waals surface area contributed by atoms with Crippen LogP contribution in [0, 0.1) is 6.92 Å². The van der Waals surface area contributed by atoms with Crippen molar-refractivity contribution in [2.45, 2.75) is 13.8 Å². The molecular weight excluding hydrogens is 316 g/mol. The number of carbonyl (C=O) groups is 1. The van der Waals surface area contributed by atoms with Crippen LogP contribution < -0.4 is 5.43 Å². The molecule has 2 aromatic carbocycles. The average Bonchev–Trinajstić information content (AvgIpc) is 2.64. The minimum absolute atomic E-state index is 0.153. The molecule has 0 aliphatic heterocycles. The molecule has 3 rings (SSSR count). The molecule has 25 heavy (non-hydrogen) atoms. The Bertz CT molecular complexity index is 998. The largest absolute Gasteiger partial charge is 0.462 e. The molecule has 0 radical (unpaired) electrons. The Morgan fingerprint density at radius 3 is 2.56 bits per heavy atom. The first-order valence-electron chi connectivity index (χ1n) is 8.08. The molecule has 0 atom stereocenters. The second kappa shape index (κ2) is 7.18. The Morgan fingerprint density at radius 2 is 1.84 bits per heavy atom. The highest BCUT2D eigenvalue weighted by molar-refractivity contribution is 6.02. The Morgan fingerprint density at radius 1 is 1.08 bits per heavy atom. The summed E-state index contributed by atoms with van der Waals surface area (Å²) < 4.78 is 11.0. The zero-order chi connectivity index (χ0) is 17.8. The first-order chi connectivity index (χ1) is 12.1. The van der Waals surface area contributed by atoms with Crippen LogP contribution in [0.3, 0.4) is 0 Å². The third-order valence-corrected chi connectivity index (χ3v) is 3.90. The second-order valence-corrected chi connectivity index (χ2v) is 5.57. The van der Waals surface area contributed by atoms with E-state index in [-0.39, 0.29) is 23.2 Å². The van der Waals surface area contributed by atoms with Crippen LogP contribution in [0.25, 0.3) is 23.1 Å². The quantitative estimate of drug-likeness (QED) is 0.662. The molecule has 0 N–H and O–H groups in total. The van der Waals surface area contributed by atoms with Crippen LogP contribution in [-0.2, 0) is 4.74 Å². The lowest BCUT2D eigenvalue weighted by Crippen LogP contribution is -2.11. The molecule has 4 heteroatoms. The average molecular weight is 334 g/mol. The van der Waals surface area contributed by atoms with Crippen molar-refractivity contribution in [3.05, 3.63) is 81.2 Å². The topological polar surface area (TPSA) is 56.5 Å². The number of ether oxygens (including phenoxy) is 1. The van der Waals surface area contributed by atoms with Crippen molar-refractivity contribution < 1.29 is 13.9 Å². The zero-order valence-corrected chi connectivity index (χ0v) is 14.1. The van der Waals surface area contributed by atoms with E-state index in [0.29, 0.717) is 16.7 Å². The first kappa shape index (κ1) is 16.7. The van der Waals surface area contributed by atoms with E-state index in [0.717, 1.165) is 5.56 Å². The maximum Gasteiger partial charge on any atom is 0.341 e. The summed E-state index contributed by atoms with van der Waals surface area (Å²) in [5.74, 6) is -0.0730. The number of hydrogen-bond acceptors (Lipinski definition) is 4. The molecule has 0 spiro atoms. The van der Waals surface area contributed by atoms with E-state index < -0.39 is 5.97 Å². The molecule has 0 aliphatic carbocycles. The van der Waals surface area contributed by atoms with Gasteiger partial charge in [-0.15, -0.1) is 0 Å². The van der Waals surface area contributed by atoms with Gasteiger partial charge in [0.1, 0.15) is 11.3 Å². The monoisotopic (exact) mass is 334 g/mol. The van der Waals surface area contributed by atoms with E-state index in [4.69, 9.17) is 9.15 Å². The van der Waals surface area contributed by atoms with E-state index in [1.54, 1.807) is 38.1 Å². The van der Waals surface area contributed by atoms with Gasteiger partial charge in [-0.05, 0) is 37.6 Å². The SMILES string of the molecule is CCOC(=O)c1cccc2c(=O)c(C)c(/C=C/c3ccccc3)oc12. The number of hydrogen-bond donors (Lipinski definition) is 0. The standard InChI is InChI=1S/C21H18O4/c1-3-24-21(23)17-11-7-10-16-19(22)14(2)18(25-20(16)17)13-12-15-8-5-4-6-9-15/h4-13H,3H2,1-2H3/b13-12+. The van der Waals surface area contributed by atoms with E-state index in [2.05, 4.69) is 0 Å². The van der Waals surface area contributed by atoms with E-state index >= 15 is 0 Å². The summed E-state index contributed by atoms with van der Waals surface area (Å²) in [5, 5.41) is 0.375. The van der Waals surface area contributed by atoms with Crippen molar-refractivity contribution in [1.29, 1.82) is 0 Å². The molecule has 0 saturated heterocycles. The van der Waals surface area contributed by atoms with Gasteiger partial charge in [0.05, 0.1) is 12.0 Å². The molecule has 0 fully saturated rings. The van der Waals surface area contributed by atoms with Crippen molar-refractivity contribution in [2.24, 2.45) is 0 Å². The van der Waals surface area contributed by atoms with E-state index in [1.165, 1.54) is 0 Å². The summed E-state index contributed by atoms with van der Waals surface area (Å²) in [7, 11) is 0. The number of carbonyl (C=O) groups excluding carboxylic acids is 1. The van der Waals surface area contributed by atoms with Gasteiger partial charge in [-0.3, -0.25) is 4.79 Å². The van der Waals surface area contributed by atoms with Gasteiger partial charge >= 0.3 is 5.97 Å². The fourth-order valence-corrected chi connectivity index (χ4v) is 2.59. The molecule has 0 saturated carbocycles. The summed E-state index contributed by atoms with van der Waals surface area (Å²) in [6, 6.07) is 14.6. The molecule has 3 aromatic rings. The van der Waals surface area contributed by atoms with E-state index in [9.17, 15) is 9.59 Å². The molecule has 4 nitrogen and oxygen atoms in total. The number of esters is 1. The van der Waals surface area contributed by atoms with Crippen molar-refractivity contribution >= 4 is 29.1 Å². The molecule has 1 heterocycles. The maximum absolute atomic E-state index is 12.6. The summed E-state index contributed by atoms with van der Waals surface area (Å²) in [4.78, 5) is 24.8. The van der Waals surface area contributed by atoms with Gasteiger partial charge in [-0.1, -0.05) is 42.5 Å². The number of rotatable bonds is 4. The fraction of sp³-hybridized carbons (Fsp3) is 0.143. The predicted octanol–water partition coefficient (Wildman–Crippen LogP) is 4.45. The molecule has 0 bridgehead atoms. The Labute approximate surface area is 145 Å². The van der Waals surface area contributed by atoms with Crippen molar-refractivity contribution in [1.82, 2.24) is 0 Å². The van der Waals surface area contributed by atoms with Crippen LogP contribution >= 0.6 is 0 Å². The minimum atomic E-state index is -0.502. The van der Waals surface area contributed by atoms with Crippen molar-refractivity contribution in [3.8, 4) is 0 Å². The van der Waals surface area contributed by atoms with Crippen molar-refractivity contribution in [3.63, 3.8) is 0 Å². The summed E-state index contributed by atoms with van der Waals surface area (Å²) >= 11 is 0. The molecule has 0 amide bonds. The van der Waals surface area contributed by atoms with Crippen molar-refractivity contribution in [2.75, 3.05) is 6.61 Å². The van der Waals surface area contributed by atoms with Crippen LogP contribution in [0.4, 0.5) is 0 Å². The third-order valence-electron chi connectivity index (χ3n) is 3.90. The fourth-order valence-electron chi connectivity index (χ4n) is 2.59. The van der Waals surface area contributed by atoms with Crippen LogP contribution in [0.5, 0.6) is 0 Å². The van der Waals surface area contributed by atoms with Gasteiger partial charge in [0.15, 0.2) is 11.0 Å². The normalized spacial score (nSPS) is 11.1. The minimum Gasteiger partial charge on any atom is -0.462 e. The number of para-hydroxylation sites is 1. The van der Waals surface area contributed by atoms with Gasteiger partial charge in [-0.2, -0.15) is 0 Å². The molecule has 0 unspecified atom stereocenters. The van der Waals surface area contributed by atoms with Crippen LogP contribution in [-0.4, -0.2) is 12.6 Å². The van der Waals surface area contributed by atoms with Gasteiger partial charge in [-0.25, -0.2) is 4.79 Å². The Hall–Kier alpha value is -3.14. The van der Waals surface area contributed by atoms with E-state index in [1.807, 2.05) is 36.4 Å². The highest BCUT2D eigenvalue weighted by atomic mass is 16.5. The molecule has 0 aliphatic rings. The van der Waals surface area contributed by atoms with Gasteiger partial charge in [0.2, 0.25) is 0 Å². The predicted molar refractivity (Wildman–Crippen MR) is 98.5 cm³/mol. The highest BCUT2D eigenvalue weighted by Gasteiger charge is 2.17. The van der Waals surface area contributed by atoms with Crippen LogP contribution in [0.1, 0.15) is 34.2 Å². The molecular formula is C21H18O4. The van der Waals surface area contributed by atoms with Crippen LogP contribution in [0.15, 0.2) is 57.7 Å². The summed E-state index contributed by atoms with van der Waals surface area (Å²) in [6.07, 6.45) is 3.61. The number of benzene rings is 2. The number of fused-ring (bicyclic) bond motifs is 1. The van der Waals surface area contributed by atoms with Gasteiger partial charge < -0.3 is 9.15 Å². The lowest BCUT2D eigenvalue weighted by atomic mass is 10.1. The third kappa shape index (κ3) is 3.38. The lowest BCUT2D eigenvalue weighted by Gasteiger charge is -2.07. The van der Waals surface area contributed by atoms with Crippen LogP contribution in [0.2, 0.25) is 0 Å². The van der Waals surface area contributed by atoms with Gasteiger partial charge in [0, 0.05) is 5.56 Å². The zero-order valence-electron chi connectivity index (χ0n) is 14.1. The maximum atomic E-state index is 12.6. The second-order valence-electron chi connectivity index (χ2n) is 5.57. The molecule has 1 aromatic heterocycles. The highest BCUT2D eigenvalue weighted by Crippen LogP contribution is 2.22. The first-order valence-corrected chi connectivity index (χ1v) is 8.08. The van der Waals surface area contributed by atoms with Gasteiger partial charge in [0.25, 0.3) is 0 Å². The molecule has 126 valence electrons. The lowest BCUT2D eigenvalue weighted by molar-refractivity contribution is 0.0527. The Kier molecular flexibility index (Phi) is 4.80.